The fraction of sp³-hybridized carbons (Fsp3) is 1.00. The Labute approximate surface area is 75.7 Å². The lowest BCUT2D eigenvalue weighted by Crippen LogP contribution is -2.11. The largest absolute Gasteiger partial charge is 0.420 e. The van der Waals surface area contributed by atoms with Crippen LogP contribution in [0.3, 0.4) is 0 Å². The lowest BCUT2D eigenvalue weighted by atomic mass is 10.5. The Bertz CT molecular complexity index is 117. The van der Waals surface area contributed by atoms with Gasteiger partial charge in [0, 0.05) is 13.7 Å². The molecular formula is C8H17O3Si. The zero-order chi connectivity index (χ0) is 8.81. The van der Waals surface area contributed by atoms with Crippen LogP contribution in [0.4, 0.5) is 0 Å². The number of ether oxygens (including phenoxy) is 2. The lowest BCUT2D eigenvalue weighted by molar-refractivity contribution is 0.116. The Morgan fingerprint density at radius 3 is 2.92 bits per heavy atom. The summed E-state index contributed by atoms with van der Waals surface area (Å²) in [5, 5.41) is 0. The van der Waals surface area contributed by atoms with E-state index in [1.165, 1.54) is 6.04 Å². The van der Waals surface area contributed by atoms with Crippen molar-refractivity contribution in [1.82, 2.24) is 0 Å². The van der Waals surface area contributed by atoms with Gasteiger partial charge in [0.1, 0.15) is 6.10 Å². The molecule has 0 amide bonds. The minimum Gasteiger partial charge on any atom is -0.420 e. The van der Waals surface area contributed by atoms with Crippen LogP contribution in [-0.2, 0) is 13.9 Å². The zero-order valence-electron chi connectivity index (χ0n) is 7.84. The molecule has 1 radical (unpaired) electrons. The van der Waals surface area contributed by atoms with E-state index in [2.05, 4.69) is 6.55 Å². The Kier molecular flexibility index (Phi) is 4.83. The molecule has 1 aliphatic rings. The van der Waals surface area contributed by atoms with E-state index in [4.69, 9.17) is 13.9 Å². The second-order valence-corrected chi connectivity index (χ2v) is 5.35. The molecule has 3 nitrogen and oxygen atoms in total. The highest BCUT2D eigenvalue weighted by Crippen LogP contribution is 2.09. The summed E-state index contributed by atoms with van der Waals surface area (Å²) in [7, 11) is 1.26. The van der Waals surface area contributed by atoms with E-state index in [0.29, 0.717) is 6.10 Å². The van der Waals surface area contributed by atoms with E-state index < -0.39 is 9.04 Å². The van der Waals surface area contributed by atoms with Crippen LogP contribution in [0, 0.1) is 0 Å². The second kappa shape index (κ2) is 5.69. The molecule has 1 fully saturated rings. The topological polar surface area (TPSA) is 31.0 Å². The molecule has 0 aromatic carbocycles. The molecule has 0 spiro atoms. The summed E-state index contributed by atoms with van der Waals surface area (Å²) in [5.74, 6) is 0. The molecular weight excluding hydrogens is 172 g/mol. The fourth-order valence-electron chi connectivity index (χ4n) is 0.904. The van der Waals surface area contributed by atoms with Crippen LogP contribution in [0.25, 0.3) is 0 Å². The molecule has 1 atom stereocenters. The van der Waals surface area contributed by atoms with Gasteiger partial charge in [0.2, 0.25) is 9.04 Å². The standard InChI is InChI=1S/C8H17O3Si/c1-9-12(2)5-3-4-10-6-8-7-11-8/h8H,3-7H2,1-2H3. The number of epoxide rings is 1. The lowest BCUT2D eigenvalue weighted by Gasteiger charge is -2.05. The minimum atomic E-state index is -0.525. The van der Waals surface area contributed by atoms with Crippen molar-refractivity contribution in [3.8, 4) is 0 Å². The summed E-state index contributed by atoms with van der Waals surface area (Å²) >= 11 is 0. The summed E-state index contributed by atoms with van der Waals surface area (Å²) in [6, 6.07) is 1.17. The van der Waals surface area contributed by atoms with Crippen LogP contribution >= 0.6 is 0 Å². The van der Waals surface area contributed by atoms with Gasteiger partial charge in [0.15, 0.2) is 0 Å². The Hall–Kier alpha value is 0.0969. The maximum absolute atomic E-state index is 5.39. The van der Waals surface area contributed by atoms with Crippen molar-refractivity contribution in [2.75, 3.05) is 26.9 Å². The summed E-state index contributed by atoms with van der Waals surface area (Å²) in [4.78, 5) is 0. The molecule has 0 saturated carbocycles. The predicted octanol–water partition coefficient (Wildman–Crippen LogP) is 1.06. The van der Waals surface area contributed by atoms with Crippen LogP contribution < -0.4 is 0 Å². The maximum Gasteiger partial charge on any atom is 0.207 e. The second-order valence-electron chi connectivity index (χ2n) is 3.04. The van der Waals surface area contributed by atoms with Gasteiger partial charge in [-0.1, -0.05) is 0 Å². The monoisotopic (exact) mass is 189 g/mol. The molecule has 1 saturated heterocycles. The summed E-state index contributed by atoms with van der Waals surface area (Å²) in [5.41, 5.74) is 0. The van der Waals surface area contributed by atoms with E-state index in [1.807, 2.05) is 0 Å². The van der Waals surface area contributed by atoms with Gasteiger partial charge in [-0.2, -0.15) is 0 Å². The van der Waals surface area contributed by atoms with Gasteiger partial charge < -0.3 is 13.9 Å². The minimum absolute atomic E-state index is 0.402. The van der Waals surface area contributed by atoms with E-state index in [1.54, 1.807) is 7.11 Å². The van der Waals surface area contributed by atoms with Crippen LogP contribution in [0.15, 0.2) is 0 Å². The average Bonchev–Trinajstić information content (AvgIpc) is 2.87. The Morgan fingerprint density at radius 1 is 1.58 bits per heavy atom. The molecule has 0 N–H and O–H groups in total. The smallest absolute Gasteiger partial charge is 0.207 e. The third-order valence-corrected chi connectivity index (χ3v) is 3.63. The van der Waals surface area contributed by atoms with E-state index in [0.717, 1.165) is 26.2 Å². The highest BCUT2D eigenvalue weighted by molar-refractivity contribution is 6.50. The molecule has 0 aliphatic carbocycles. The van der Waals surface area contributed by atoms with Gasteiger partial charge in [0.05, 0.1) is 13.2 Å². The summed E-state index contributed by atoms with van der Waals surface area (Å²) < 4.78 is 15.6. The van der Waals surface area contributed by atoms with Crippen molar-refractivity contribution < 1.29 is 13.9 Å². The van der Waals surface area contributed by atoms with Crippen molar-refractivity contribution >= 4 is 9.04 Å². The highest BCUT2D eigenvalue weighted by atomic mass is 28.3. The quantitative estimate of drug-likeness (QED) is 0.341. The van der Waals surface area contributed by atoms with E-state index >= 15 is 0 Å². The Morgan fingerprint density at radius 2 is 2.33 bits per heavy atom. The van der Waals surface area contributed by atoms with Gasteiger partial charge in [-0.25, -0.2) is 0 Å². The third-order valence-electron chi connectivity index (χ3n) is 1.87. The average molecular weight is 189 g/mol. The molecule has 0 aromatic rings. The summed E-state index contributed by atoms with van der Waals surface area (Å²) in [6.45, 7) is 4.69. The van der Waals surface area contributed by atoms with Crippen molar-refractivity contribution in [1.29, 1.82) is 0 Å². The molecule has 1 heterocycles. The van der Waals surface area contributed by atoms with Gasteiger partial charge in [-0.05, 0) is 19.0 Å². The number of hydrogen-bond donors (Lipinski definition) is 0. The van der Waals surface area contributed by atoms with Crippen molar-refractivity contribution in [2.24, 2.45) is 0 Å². The first kappa shape index (κ1) is 10.2. The molecule has 1 aliphatic heterocycles. The van der Waals surface area contributed by atoms with Gasteiger partial charge >= 0.3 is 0 Å². The van der Waals surface area contributed by atoms with E-state index in [-0.39, 0.29) is 0 Å². The van der Waals surface area contributed by atoms with Crippen LogP contribution in [-0.4, -0.2) is 42.1 Å². The molecule has 12 heavy (non-hydrogen) atoms. The first-order chi connectivity index (χ1) is 5.83. The van der Waals surface area contributed by atoms with Crippen molar-refractivity contribution in [3.63, 3.8) is 0 Å². The van der Waals surface area contributed by atoms with Crippen LogP contribution in [0.2, 0.25) is 12.6 Å². The van der Waals surface area contributed by atoms with E-state index in [9.17, 15) is 0 Å². The fourth-order valence-corrected chi connectivity index (χ4v) is 1.75. The molecule has 71 valence electrons. The maximum atomic E-state index is 5.39. The number of rotatable bonds is 7. The molecule has 1 rings (SSSR count). The SMILES string of the molecule is CO[Si](C)CCCOCC1CO1. The van der Waals surface area contributed by atoms with Crippen molar-refractivity contribution in [2.45, 2.75) is 25.1 Å². The van der Waals surface area contributed by atoms with Crippen molar-refractivity contribution in [3.05, 3.63) is 0 Å². The molecule has 4 heteroatoms. The summed E-state index contributed by atoms with van der Waals surface area (Å²) in [6.07, 6.45) is 1.52. The first-order valence-corrected chi connectivity index (χ1v) is 6.50. The number of hydrogen-bond acceptors (Lipinski definition) is 3. The zero-order valence-corrected chi connectivity index (χ0v) is 8.84. The first-order valence-electron chi connectivity index (χ1n) is 4.38. The molecule has 0 bridgehead atoms. The third kappa shape index (κ3) is 4.87. The van der Waals surface area contributed by atoms with Crippen LogP contribution in [0.5, 0.6) is 0 Å². The Balaban J connectivity index is 1.75. The normalized spacial score (nSPS) is 21.8. The van der Waals surface area contributed by atoms with Gasteiger partial charge in [-0.15, -0.1) is 0 Å². The highest BCUT2D eigenvalue weighted by Gasteiger charge is 2.21. The van der Waals surface area contributed by atoms with Gasteiger partial charge in [-0.3, -0.25) is 0 Å². The van der Waals surface area contributed by atoms with Crippen LogP contribution in [0.1, 0.15) is 6.42 Å². The van der Waals surface area contributed by atoms with Gasteiger partial charge in [0.25, 0.3) is 0 Å². The predicted molar refractivity (Wildman–Crippen MR) is 48.6 cm³/mol. The molecule has 1 unspecified atom stereocenters. The molecule has 0 aromatic heterocycles.